The Morgan fingerprint density at radius 3 is 3.00 bits per heavy atom. The highest BCUT2D eigenvalue weighted by Crippen LogP contribution is 2.17. The number of hydrogen-bond donors (Lipinski definition) is 1. The first-order valence-corrected chi connectivity index (χ1v) is 5.45. The molecule has 1 unspecified atom stereocenters. The molecule has 0 amide bonds. The predicted octanol–water partition coefficient (Wildman–Crippen LogP) is 1.56. The van der Waals surface area contributed by atoms with Crippen molar-refractivity contribution in [3.8, 4) is 0 Å². The molecule has 0 aliphatic carbocycles. The van der Waals surface area contributed by atoms with E-state index in [4.69, 9.17) is 4.74 Å². The van der Waals surface area contributed by atoms with Crippen molar-refractivity contribution in [3.05, 3.63) is 35.8 Å². The first kappa shape index (κ1) is 11.6. The van der Waals surface area contributed by atoms with Gasteiger partial charge in [0.15, 0.2) is 0 Å². The number of carbonyl (C=O) groups is 1. The van der Waals surface area contributed by atoms with Gasteiger partial charge < -0.3 is 9.84 Å². The van der Waals surface area contributed by atoms with Gasteiger partial charge in [0.25, 0.3) is 0 Å². The maximum absolute atomic E-state index is 11.8. The zero-order valence-electron chi connectivity index (χ0n) is 9.75. The summed E-state index contributed by atoms with van der Waals surface area (Å²) in [5, 5.41) is 9.57. The third-order valence-electron chi connectivity index (χ3n) is 2.50. The van der Waals surface area contributed by atoms with Gasteiger partial charge in [0.1, 0.15) is 11.3 Å². The summed E-state index contributed by atoms with van der Waals surface area (Å²) in [7, 11) is 0. The zero-order chi connectivity index (χ0) is 12.4. The van der Waals surface area contributed by atoms with E-state index in [2.05, 4.69) is 4.98 Å². The van der Waals surface area contributed by atoms with Crippen molar-refractivity contribution in [2.45, 2.75) is 20.0 Å². The molecule has 0 saturated carbocycles. The molecule has 0 radical (unpaired) electrons. The number of aliphatic hydroxyl groups excluding tert-OH is 1. The van der Waals surface area contributed by atoms with E-state index in [0.717, 1.165) is 0 Å². The third-order valence-corrected chi connectivity index (χ3v) is 2.50. The fourth-order valence-electron chi connectivity index (χ4n) is 1.65. The fraction of sp³-hybridized carbons (Fsp3) is 0.333. The molecule has 2 rings (SSSR count). The van der Waals surface area contributed by atoms with Gasteiger partial charge in [0, 0.05) is 12.4 Å². The van der Waals surface area contributed by atoms with Crippen LogP contribution < -0.4 is 0 Å². The maximum Gasteiger partial charge on any atom is 0.355 e. The van der Waals surface area contributed by atoms with E-state index >= 15 is 0 Å². The van der Waals surface area contributed by atoms with Crippen molar-refractivity contribution in [1.82, 2.24) is 9.38 Å². The van der Waals surface area contributed by atoms with Crippen LogP contribution in [0.5, 0.6) is 0 Å². The summed E-state index contributed by atoms with van der Waals surface area (Å²) in [6, 6.07) is 3.37. The van der Waals surface area contributed by atoms with Gasteiger partial charge in [-0.3, -0.25) is 4.40 Å². The van der Waals surface area contributed by atoms with E-state index in [1.807, 2.05) is 0 Å². The van der Waals surface area contributed by atoms with E-state index < -0.39 is 12.1 Å². The number of ether oxygens (including phenoxy) is 1. The van der Waals surface area contributed by atoms with E-state index in [9.17, 15) is 9.90 Å². The standard InChI is InChI=1S/C12H14N2O3/c1-3-17-12(16)10-6-9(8(2)15)7-11-13-4-5-14(10)11/h4-8,15H,3H2,1-2H3. The molecular weight excluding hydrogens is 220 g/mol. The first-order chi connectivity index (χ1) is 8.13. The fourth-order valence-corrected chi connectivity index (χ4v) is 1.65. The number of nitrogens with zero attached hydrogens (tertiary/aromatic N) is 2. The summed E-state index contributed by atoms with van der Waals surface area (Å²) in [5.41, 5.74) is 1.64. The Labute approximate surface area is 98.7 Å². The molecule has 0 fully saturated rings. The Bertz CT molecular complexity index is 546. The summed E-state index contributed by atoms with van der Waals surface area (Å²) >= 11 is 0. The average Bonchev–Trinajstić information content (AvgIpc) is 2.75. The molecule has 2 heterocycles. The number of hydrogen-bond acceptors (Lipinski definition) is 4. The molecule has 0 aliphatic rings. The van der Waals surface area contributed by atoms with Crippen molar-refractivity contribution < 1.29 is 14.6 Å². The molecule has 5 heteroatoms. The van der Waals surface area contributed by atoms with E-state index in [0.29, 0.717) is 23.5 Å². The summed E-state index contributed by atoms with van der Waals surface area (Å²) in [6.07, 6.45) is 2.64. The number of pyridine rings is 1. The highest BCUT2D eigenvalue weighted by atomic mass is 16.5. The molecule has 5 nitrogen and oxygen atoms in total. The van der Waals surface area contributed by atoms with Gasteiger partial charge in [-0.15, -0.1) is 0 Å². The molecule has 0 spiro atoms. The van der Waals surface area contributed by atoms with Gasteiger partial charge in [-0.25, -0.2) is 9.78 Å². The lowest BCUT2D eigenvalue weighted by atomic mass is 10.1. The van der Waals surface area contributed by atoms with Crippen LogP contribution >= 0.6 is 0 Å². The monoisotopic (exact) mass is 234 g/mol. The number of aromatic nitrogens is 2. The number of fused-ring (bicyclic) bond motifs is 1. The molecule has 2 aromatic heterocycles. The Morgan fingerprint density at radius 1 is 1.59 bits per heavy atom. The van der Waals surface area contributed by atoms with Crippen LogP contribution in [0.15, 0.2) is 24.5 Å². The van der Waals surface area contributed by atoms with Crippen LogP contribution in [-0.4, -0.2) is 27.1 Å². The predicted molar refractivity (Wildman–Crippen MR) is 61.8 cm³/mol. The summed E-state index contributed by atoms with van der Waals surface area (Å²) in [6.45, 7) is 3.71. The van der Waals surface area contributed by atoms with Crippen LogP contribution in [-0.2, 0) is 4.74 Å². The summed E-state index contributed by atoms with van der Waals surface area (Å²) < 4.78 is 6.61. The third kappa shape index (κ3) is 2.14. The minimum absolute atomic E-state index is 0.313. The number of aliphatic hydroxyl groups is 1. The van der Waals surface area contributed by atoms with Crippen molar-refractivity contribution in [2.24, 2.45) is 0 Å². The molecule has 1 atom stereocenters. The van der Waals surface area contributed by atoms with Gasteiger partial charge in [0.05, 0.1) is 12.7 Å². The second kappa shape index (κ2) is 4.55. The molecule has 1 N–H and O–H groups in total. The van der Waals surface area contributed by atoms with Crippen molar-refractivity contribution in [3.63, 3.8) is 0 Å². The van der Waals surface area contributed by atoms with Crippen LogP contribution in [0.1, 0.15) is 36.0 Å². The lowest BCUT2D eigenvalue weighted by Crippen LogP contribution is -2.11. The lowest BCUT2D eigenvalue weighted by molar-refractivity contribution is 0.0517. The molecule has 0 saturated heterocycles. The van der Waals surface area contributed by atoms with E-state index in [1.54, 1.807) is 42.8 Å². The number of rotatable bonds is 3. The number of esters is 1. The van der Waals surface area contributed by atoms with E-state index in [-0.39, 0.29) is 0 Å². The summed E-state index contributed by atoms with van der Waals surface area (Å²) in [5.74, 6) is -0.419. The van der Waals surface area contributed by atoms with E-state index in [1.165, 1.54) is 0 Å². The van der Waals surface area contributed by atoms with Gasteiger partial charge in [0.2, 0.25) is 0 Å². The molecule has 17 heavy (non-hydrogen) atoms. The summed E-state index contributed by atoms with van der Waals surface area (Å²) in [4.78, 5) is 15.9. The molecule has 0 bridgehead atoms. The first-order valence-electron chi connectivity index (χ1n) is 5.45. The van der Waals surface area contributed by atoms with Crippen LogP contribution in [0, 0.1) is 0 Å². The Balaban J connectivity index is 2.58. The smallest absolute Gasteiger partial charge is 0.355 e. The zero-order valence-corrected chi connectivity index (χ0v) is 9.75. The number of carbonyl (C=O) groups excluding carboxylic acids is 1. The lowest BCUT2D eigenvalue weighted by Gasteiger charge is -2.09. The second-order valence-corrected chi connectivity index (χ2v) is 3.73. The van der Waals surface area contributed by atoms with Crippen molar-refractivity contribution >= 4 is 11.6 Å². The van der Waals surface area contributed by atoms with Crippen molar-refractivity contribution in [2.75, 3.05) is 6.61 Å². The Kier molecular flexibility index (Phi) is 3.10. The minimum Gasteiger partial charge on any atom is -0.461 e. The number of imidazole rings is 1. The molecular formula is C12H14N2O3. The van der Waals surface area contributed by atoms with Crippen LogP contribution in [0.3, 0.4) is 0 Å². The normalized spacial score (nSPS) is 12.6. The molecule has 2 aromatic rings. The second-order valence-electron chi connectivity index (χ2n) is 3.73. The topological polar surface area (TPSA) is 63.8 Å². The Hall–Kier alpha value is -1.88. The average molecular weight is 234 g/mol. The maximum atomic E-state index is 11.8. The molecule has 90 valence electrons. The van der Waals surface area contributed by atoms with Crippen molar-refractivity contribution in [1.29, 1.82) is 0 Å². The van der Waals surface area contributed by atoms with Gasteiger partial charge in [-0.2, -0.15) is 0 Å². The van der Waals surface area contributed by atoms with Gasteiger partial charge >= 0.3 is 5.97 Å². The van der Waals surface area contributed by atoms with Crippen LogP contribution in [0.4, 0.5) is 0 Å². The minimum atomic E-state index is -0.648. The highest BCUT2D eigenvalue weighted by Gasteiger charge is 2.14. The quantitative estimate of drug-likeness (QED) is 0.819. The molecule has 0 aliphatic heterocycles. The van der Waals surface area contributed by atoms with Crippen LogP contribution in [0.2, 0.25) is 0 Å². The Morgan fingerprint density at radius 2 is 2.35 bits per heavy atom. The van der Waals surface area contributed by atoms with Crippen LogP contribution in [0.25, 0.3) is 5.65 Å². The largest absolute Gasteiger partial charge is 0.461 e. The molecule has 0 aromatic carbocycles. The highest BCUT2D eigenvalue weighted by molar-refractivity contribution is 5.88. The van der Waals surface area contributed by atoms with Gasteiger partial charge in [-0.05, 0) is 31.5 Å². The SMILES string of the molecule is CCOC(=O)c1cc(C(C)O)cc2nccn12. The van der Waals surface area contributed by atoms with Gasteiger partial charge in [-0.1, -0.05) is 0 Å².